The zero-order valence-electron chi connectivity index (χ0n) is 26.5. The molecule has 8 N–H and O–H groups in total. The number of hydrogen-bond acceptors (Lipinski definition) is 17. The van der Waals surface area contributed by atoms with Gasteiger partial charge in [-0.25, -0.2) is 27.7 Å². The number of thiazole rings is 1. The van der Waals surface area contributed by atoms with Gasteiger partial charge in [0.25, 0.3) is 17.7 Å². The van der Waals surface area contributed by atoms with Gasteiger partial charge in [-0.15, -0.1) is 34.9 Å². The molecule has 2 aliphatic heterocycles. The van der Waals surface area contributed by atoms with Crippen molar-refractivity contribution >= 4 is 84.9 Å². The fourth-order valence-corrected chi connectivity index (χ4v) is 8.91. The third-order valence-electron chi connectivity index (χ3n) is 7.58. The molecule has 6 rings (SSSR count). The highest BCUT2D eigenvalue weighted by molar-refractivity contribution is 8.01. The number of anilines is 1. The van der Waals surface area contributed by atoms with E-state index in [1.807, 2.05) is 0 Å². The maximum atomic E-state index is 13.8. The molecule has 0 radical (unpaired) electrons. The second kappa shape index (κ2) is 14.3. The number of oxime groups is 1. The number of amides is 3. The molecule has 0 aliphatic carbocycles. The first-order valence-corrected chi connectivity index (χ1v) is 19.2. The number of phenols is 2. The van der Waals surface area contributed by atoms with E-state index in [2.05, 4.69) is 25.5 Å². The van der Waals surface area contributed by atoms with Crippen molar-refractivity contribution < 1.29 is 60.9 Å². The Labute approximate surface area is 311 Å². The lowest BCUT2D eigenvalue weighted by molar-refractivity contribution is -0.150. The van der Waals surface area contributed by atoms with E-state index >= 15 is 0 Å². The van der Waals surface area contributed by atoms with Gasteiger partial charge in [-0.1, -0.05) is 5.16 Å². The van der Waals surface area contributed by atoms with Crippen molar-refractivity contribution in [1.29, 1.82) is 0 Å². The summed E-state index contributed by atoms with van der Waals surface area (Å²) in [5.41, 5.74) is 7.78. The zero-order chi connectivity index (χ0) is 39.3. The number of fused-ring (bicyclic) bond motifs is 2. The Morgan fingerprint density at radius 3 is 2.54 bits per heavy atom. The molecule has 4 aromatic rings. The number of sulfone groups is 1. The Balaban J connectivity index is 1.19. The fraction of sp³-hybridized carbons (Fsp3) is 0.214. The van der Waals surface area contributed by atoms with Gasteiger partial charge in [0.15, 0.2) is 33.7 Å². The van der Waals surface area contributed by atoms with Crippen LogP contribution in [0.25, 0.3) is 5.65 Å². The predicted octanol–water partition coefficient (Wildman–Crippen LogP) is 0.980. The number of nitrogen functional groups attached to an aromatic ring is 1. The summed E-state index contributed by atoms with van der Waals surface area (Å²) in [6.07, 6.45) is -4.08. The van der Waals surface area contributed by atoms with Crippen molar-refractivity contribution in [3.05, 3.63) is 64.1 Å². The molecular weight excluding hydrogens is 808 g/mol. The number of halogens is 3. The van der Waals surface area contributed by atoms with Gasteiger partial charge >= 0.3 is 12.1 Å². The summed E-state index contributed by atoms with van der Waals surface area (Å²) in [4.78, 5) is 64.4. The van der Waals surface area contributed by atoms with Crippen molar-refractivity contribution in [1.82, 2.24) is 29.8 Å². The first-order chi connectivity index (χ1) is 25.4. The summed E-state index contributed by atoms with van der Waals surface area (Å²) in [5, 5.41) is 38.9. The first kappa shape index (κ1) is 38.1. The van der Waals surface area contributed by atoms with Crippen molar-refractivity contribution in [2.45, 2.75) is 27.5 Å². The molecule has 284 valence electrons. The number of carbonyl (C=O) groups is 4. The molecule has 5 heterocycles. The van der Waals surface area contributed by atoms with E-state index < -0.39 is 96.2 Å². The van der Waals surface area contributed by atoms with Crippen LogP contribution in [0.15, 0.2) is 62.2 Å². The largest absolute Gasteiger partial charge is 0.504 e. The van der Waals surface area contributed by atoms with Gasteiger partial charge < -0.3 is 36.9 Å². The van der Waals surface area contributed by atoms with Gasteiger partial charge in [0.05, 0.1) is 11.1 Å². The molecular formula is C28H22F3N9O10S4. The molecule has 2 atom stereocenters. The lowest BCUT2D eigenvalue weighted by Gasteiger charge is -2.49. The van der Waals surface area contributed by atoms with Crippen molar-refractivity contribution in [2.75, 3.05) is 23.2 Å². The van der Waals surface area contributed by atoms with Crippen LogP contribution in [0.5, 0.6) is 11.5 Å². The first-order valence-electron chi connectivity index (χ1n) is 14.6. The van der Waals surface area contributed by atoms with Gasteiger partial charge in [-0.2, -0.15) is 18.3 Å². The zero-order valence-corrected chi connectivity index (χ0v) is 29.8. The SMILES string of the molecule is NC(=O)c1cnn2c(C(F)(F)F)cc(SCC3=C(C(=O)O)N4C(=O)[C@@H](NC(=O)C(=NOCS(=O)(=O)c5ccc(O)c(O)c5)c5csc(N)n5)[C@H]4SC3)nc12. The van der Waals surface area contributed by atoms with Crippen LogP contribution in [0, 0.1) is 0 Å². The number of carbonyl (C=O) groups excluding carboxylic acids is 3. The average molecular weight is 830 g/mol. The van der Waals surface area contributed by atoms with Gasteiger partial charge in [-0.3, -0.25) is 19.3 Å². The third-order valence-corrected chi connectivity index (χ3v) is 12.0. The molecule has 3 amide bonds. The molecule has 0 unspecified atom stereocenters. The molecule has 0 bridgehead atoms. The molecule has 1 fully saturated rings. The number of nitrogens with two attached hydrogens (primary N) is 2. The molecule has 26 heteroatoms. The Hall–Kier alpha value is -5.60. The lowest BCUT2D eigenvalue weighted by Crippen LogP contribution is -2.71. The van der Waals surface area contributed by atoms with Gasteiger partial charge in [0.1, 0.15) is 33.4 Å². The Morgan fingerprint density at radius 1 is 1.17 bits per heavy atom. The Bertz CT molecular complexity index is 2420. The number of hydrogen-bond donors (Lipinski definition) is 6. The third kappa shape index (κ3) is 7.31. The normalized spacial score (nSPS) is 17.6. The van der Waals surface area contributed by atoms with E-state index in [1.54, 1.807) is 0 Å². The number of carboxylic acid groups (broad SMARTS) is 1. The smallest absolute Gasteiger partial charge is 0.433 e. The number of rotatable bonds is 12. The Morgan fingerprint density at radius 2 is 1.91 bits per heavy atom. The maximum Gasteiger partial charge on any atom is 0.433 e. The highest BCUT2D eigenvalue weighted by Gasteiger charge is 2.54. The number of nitrogens with one attached hydrogen (secondary N) is 1. The van der Waals surface area contributed by atoms with Crippen molar-refractivity contribution in [3.8, 4) is 11.5 Å². The maximum absolute atomic E-state index is 13.8. The fourth-order valence-electron chi connectivity index (χ4n) is 5.08. The highest BCUT2D eigenvalue weighted by Crippen LogP contribution is 2.42. The summed E-state index contributed by atoms with van der Waals surface area (Å²) in [6, 6.07) is 2.05. The number of primary amides is 1. The summed E-state index contributed by atoms with van der Waals surface area (Å²) in [6.45, 7) is 0. The number of carboxylic acids is 1. The monoisotopic (exact) mass is 829 g/mol. The second-order valence-corrected chi connectivity index (χ2v) is 16.0. The second-order valence-electron chi connectivity index (χ2n) is 11.1. The molecule has 0 spiro atoms. The van der Waals surface area contributed by atoms with Crippen LogP contribution in [0.1, 0.15) is 21.7 Å². The van der Waals surface area contributed by atoms with Crippen LogP contribution < -0.4 is 16.8 Å². The van der Waals surface area contributed by atoms with Crippen LogP contribution in [-0.4, -0.2) is 106 Å². The minimum Gasteiger partial charge on any atom is -0.504 e. The quantitative estimate of drug-likeness (QED) is 0.0290. The van der Waals surface area contributed by atoms with Crippen molar-refractivity contribution in [3.63, 3.8) is 0 Å². The highest BCUT2D eigenvalue weighted by atomic mass is 32.2. The number of aromatic nitrogens is 4. The van der Waals surface area contributed by atoms with Crippen molar-refractivity contribution in [2.24, 2.45) is 10.9 Å². The Kier molecular flexibility index (Phi) is 10.1. The van der Waals surface area contributed by atoms with E-state index in [4.69, 9.17) is 16.3 Å². The topological polar surface area (TPSA) is 295 Å². The van der Waals surface area contributed by atoms with Crippen LogP contribution in [0.2, 0.25) is 0 Å². The van der Waals surface area contributed by atoms with Crippen LogP contribution in [0.4, 0.5) is 18.3 Å². The number of β-lactam (4-membered cyclic amide) rings is 1. The predicted molar refractivity (Wildman–Crippen MR) is 183 cm³/mol. The molecule has 19 nitrogen and oxygen atoms in total. The number of phenolic OH excluding ortho intramolecular Hbond substituents is 2. The van der Waals surface area contributed by atoms with Crippen LogP contribution in [0.3, 0.4) is 0 Å². The van der Waals surface area contributed by atoms with Gasteiger partial charge in [0.2, 0.25) is 15.8 Å². The number of alkyl halides is 3. The molecule has 0 saturated carbocycles. The number of aliphatic carboxylic acids is 1. The van der Waals surface area contributed by atoms with E-state index in [0.717, 1.165) is 52.4 Å². The molecule has 1 saturated heterocycles. The molecule has 1 aromatic carbocycles. The lowest BCUT2D eigenvalue weighted by atomic mass is 10.0. The molecule has 3 aromatic heterocycles. The van der Waals surface area contributed by atoms with Gasteiger partial charge in [-0.05, 0) is 17.7 Å². The van der Waals surface area contributed by atoms with Crippen LogP contribution in [-0.2, 0) is 35.2 Å². The van der Waals surface area contributed by atoms with Crippen LogP contribution >= 0.6 is 34.9 Å². The number of benzene rings is 1. The van der Waals surface area contributed by atoms with Gasteiger partial charge in [0, 0.05) is 29.0 Å². The van der Waals surface area contributed by atoms with E-state index in [1.165, 1.54) is 5.38 Å². The number of thioether (sulfide) groups is 2. The standard InChI is InChI=1S/C28H22F3N9O10S4/c29-28(30,31)16-4-17(36-22-12(21(32)43)5-34-40(16)22)51-6-10-7-52-25-19(24(45)39(25)20(10)26(46)47)37-23(44)18(13-8-53-27(33)35-13)38-50-9-54(48,49)11-1-2-14(41)15(42)3-11/h1-5,8,19,25,41-42H,6-7,9H2,(H2,32,43)(H2,33,35)(H,37,44)(H,46,47)/t19-,25-/m1/s1. The summed E-state index contributed by atoms with van der Waals surface area (Å²) in [7, 11) is -4.28. The number of nitrogens with zero attached hydrogens (tertiary/aromatic N) is 6. The minimum absolute atomic E-state index is 0.00342. The summed E-state index contributed by atoms with van der Waals surface area (Å²) in [5.74, 6) is -7.24. The number of aromatic hydroxyl groups is 2. The van der Waals surface area contributed by atoms with E-state index in [9.17, 15) is 56.1 Å². The molecule has 2 aliphatic rings. The molecule has 54 heavy (non-hydrogen) atoms. The minimum atomic E-state index is -4.92. The van der Waals surface area contributed by atoms with E-state index in [0.29, 0.717) is 22.3 Å². The average Bonchev–Trinajstić information content (AvgIpc) is 3.74. The summed E-state index contributed by atoms with van der Waals surface area (Å²) >= 11 is 2.65. The summed E-state index contributed by atoms with van der Waals surface area (Å²) < 4.78 is 67.3. The van der Waals surface area contributed by atoms with E-state index in [-0.39, 0.29) is 38.5 Å².